The molecular formula is C30H37N3O3S. The van der Waals surface area contributed by atoms with Crippen molar-refractivity contribution in [3.63, 3.8) is 0 Å². The summed E-state index contributed by atoms with van der Waals surface area (Å²) in [5.41, 5.74) is 5.57. The molecule has 1 saturated heterocycles. The minimum Gasteiger partial charge on any atom is -0.350 e. The molecule has 37 heavy (non-hydrogen) atoms. The fraction of sp³-hybridized carbons (Fsp3) is 0.367. The third-order valence-electron chi connectivity index (χ3n) is 6.76. The second-order valence-corrected chi connectivity index (χ2v) is 12.0. The predicted octanol–water partition coefficient (Wildman–Crippen LogP) is 5.11. The lowest BCUT2D eigenvalue weighted by Gasteiger charge is -2.26. The van der Waals surface area contributed by atoms with E-state index in [0.717, 1.165) is 41.9 Å². The van der Waals surface area contributed by atoms with E-state index in [0.29, 0.717) is 12.2 Å². The van der Waals surface area contributed by atoms with Gasteiger partial charge in [0, 0.05) is 13.1 Å². The highest BCUT2D eigenvalue weighted by molar-refractivity contribution is 7.92. The average Bonchev–Trinajstić information content (AvgIpc) is 2.87. The van der Waals surface area contributed by atoms with Gasteiger partial charge in [0.05, 0.1) is 10.6 Å². The smallest absolute Gasteiger partial charge is 0.264 e. The summed E-state index contributed by atoms with van der Waals surface area (Å²) in [6, 6.07) is 20.6. The molecule has 0 aromatic heterocycles. The van der Waals surface area contributed by atoms with E-state index in [-0.39, 0.29) is 17.3 Å². The van der Waals surface area contributed by atoms with E-state index in [4.69, 9.17) is 0 Å². The summed E-state index contributed by atoms with van der Waals surface area (Å²) in [5, 5.41) is 2.91. The van der Waals surface area contributed by atoms with Crippen molar-refractivity contribution in [1.82, 2.24) is 10.2 Å². The summed E-state index contributed by atoms with van der Waals surface area (Å²) in [6.07, 6.45) is 3.86. The molecule has 1 heterocycles. The molecule has 0 bridgehead atoms. The number of hydrogen-bond acceptors (Lipinski definition) is 4. The Morgan fingerprint density at radius 1 is 0.811 bits per heavy atom. The van der Waals surface area contributed by atoms with Gasteiger partial charge in [-0.05, 0) is 93.2 Å². The highest BCUT2D eigenvalue weighted by Gasteiger charge is 2.27. The Hall–Kier alpha value is -3.16. The van der Waals surface area contributed by atoms with Crippen molar-refractivity contribution in [3.8, 4) is 0 Å². The number of anilines is 1. The number of carbonyl (C=O) groups is 1. The van der Waals surface area contributed by atoms with E-state index in [1.807, 2.05) is 39.0 Å². The van der Waals surface area contributed by atoms with Gasteiger partial charge >= 0.3 is 0 Å². The van der Waals surface area contributed by atoms with E-state index in [2.05, 4.69) is 22.3 Å². The summed E-state index contributed by atoms with van der Waals surface area (Å²) in [5.74, 6) is -0.354. The Bertz CT molecular complexity index is 1290. The van der Waals surface area contributed by atoms with E-state index >= 15 is 0 Å². The lowest BCUT2D eigenvalue weighted by molar-refractivity contribution is -0.119. The topological polar surface area (TPSA) is 69.7 Å². The number of rotatable bonds is 9. The van der Waals surface area contributed by atoms with Crippen LogP contribution in [-0.2, 0) is 27.9 Å². The maximum Gasteiger partial charge on any atom is 0.264 e. The monoisotopic (exact) mass is 519 g/mol. The molecule has 1 amide bonds. The van der Waals surface area contributed by atoms with Crippen LogP contribution < -0.4 is 9.62 Å². The lowest BCUT2D eigenvalue weighted by Crippen LogP contribution is -2.40. The van der Waals surface area contributed by atoms with Crippen LogP contribution in [-0.4, -0.2) is 38.9 Å². The number of amides is 1. The Kier molecular flexibility index (Phi) is 8.67. The average molecular weight is 520 g/mol. The van der Waals surface area contributed by atoms with Crippen LogP contribution in [0.3, 0.4) is 0 Å². The number of sulfonamides is 1. The quantitative estimate of drug-likeness (QED) is 0.427. The number of nitrogens with zero attached hydrogens (tertiary/aromatic N) is 2. The molecule has 0 spiro atoms. The molecular weight excluding hydrogens is 482 g/mol. The molecule has 3 aromatic carbocycles. The van der Waals surface area contributed by atoms with Gasteiger partial charge in [-0.25, -0.2) is 8.42 Å². The van der Waals surface area contributed by atoms with Gasteiger partial charge in [-0.15, -0.1) is 0 Å². The van der Waals surface area contributed by atoms with Crippen molar-refractivity contribution in [1.29, 1.82) is 0 Å². The molecule has 0 saturated carbocycles. The first kappa shape index (κ1) is 26.9. The van der Waals surface area contributed by atoms with Crippen LogP contribution in [0.2, 0.25) is 0 Å². The van der Waals surface area contributed by atoms with Crippen molar-refractivity contribution < 1.29 is 13.2 Å². The molecule has 1 N–H and O–H groups in total. The molecule has 196 valence electrons. The Morgan fingerprint density at radius 3 is 2.03 bits per heavy atom. The Labute approximate surface area is 221 Å². The first-order valence-electron chi connectivity index (χ1n) is 13.0. The second-order valence-electron chi connectivity index (χ2n) is 10.1. The van der Waals surface area contributed by atoms with Crippen molar-refractivity contribution in [2.45, 2.75) is 58.0 Å². The predicted molar refractivity (Wildman–Crippen MR) is 149 cm³/mol. The number of benzene rings is 3. The van der Waals surface area contributed by atoms with Crippen LogP contribution >= 0.6 is 0 Å². The number of nitrogens with one attached hydrogen (secondary N) is 1. The summed E-state index contributed by atoms with van der Waals surface area (Å²) in [7, 11) is -3.93. The van der Waals surface area contributed by atoms with Gasteiger partial charge in [0.25, 0.3) is 10.0 Å². The number of likely N-dealkylation sites (tertiary alicyclic amines) is 1. The molecule has 3 aromatic rings. The van der Waals surface area contributed by atoms with Gasteiger partial charge in [0.1, 0.15) is 6.54 Å². The highest BCUT2D eigenvalue weighted by atomic mass is 32.2. The third kappa shape index (κ3) is 7.21. The van der Waals surface area contributed by atoms with Crippen molar-refractivity contribution in [2.75, 3.05) is 23.9 Å². The molecule has 0 unspecified atom stereocenters. The standard InChI is InChI=1S/C30H37N3O3S/c1-23-7-13-29(14-8-23)37(35,36)33(28-18-24(2)17-25(3)19-28)22-30(34)31-20-26-9-11-27(12-10-26)21-32-15-5-4-6-16-32/h7-14,17-19H,4-6,15-16,20-22H2,1-3H3,(H,31,34). The lowest BCUT2D eigenvalue weighted by atomic mass is 10.1. The highest BCUT2D eigenvalue weighted by Crippen LogP contribution is 2.26. The van der Waals surface area contributed by atoms with E-state index < -0.39 is 10.0 Å². The van der Waals surface area contributed by atoms with Crippen LogP contribution in [0, 0.1) is 20.8 Å². The van der Waals surface area contributed by atoms with Crippen LogP contribution in [0.1, 0.15) is 47.1 Å². The molecule has 0 radical (unpaired) electrons. The minimum atomic E-state index is -3.93. The first-order chi connectivity index (χ1) is 17.7. The minimum absolute atomic E-state index is 0.161. The van der Waals surface area contributed by atoms with Crippen molar-refractivity contribution >= 4 is 21.6 Å². The van der Waals surface area contributed by atoms with Gasteiger partial charge in [0.2, 0.25) is 5.91 Å². The normalized spacial score (nSPS) is 14.4. The molecule has 4 rings (SSSR count). The zero-order chi connectivity index (χ0) is 26.4. The second kappa shape index (κ2) is 11.9. The van der Waals surface area contributed by atoms with Gasteiger partial charge in [-0.1, -0.05) is 54.4 Å². The van der Waals surface area contributed by atoms with Crippen LogP contribution in [0.5, 0.6) is 0 Å². The number of carbonyl (C=O) groups excluding carboxylic acids is 1. The summed E-state index contributed by atoms with van der Waals surface area (Å²) < 4.78 is 28.4. The van der Waals surface area contributed by atoms with Gasteiger partial charge in [-0.3, -0.25) is 14.0 Å². The van der Waals surface area contributed by atoms with Gasteiger partial charge in [-0.2, -0.15) is 0 Å². The SMILES string of the molecule is Cc1ccc(S(=O)(=O)N(CC(=O)NCc2ccc(CN3CCCCC3)cc2)c2cc(C)cc(C)c2)cc1. The number of aryl methyl sites for hydroxylation is 3. The van der Waals surface area contributed by atoms with E-state index in [9.17, 15) is 13.2 Å². The third-order valence-corrected chi connectivity index (χ3v) is 8.55. The summed E-state index contributed by atoms with van der Waals surface area (Å²) in [6.45, 7) is 9.05. The summed E-state index contributed by atoms with van der Waals surface area (Å²) in [4.78, 5) is 15.7. The zero-order valence-electron chi connectivity index (χ0n) is 22.0. The van der Waals surface area contributed by atoms with Crippen LogP contribution in [0.25, 0.3) is 0 Å². The van der Waals surface area contributed by atoms with E-state index in [1.165, 1.54) is 29.1 Å². The van der Waals surface area contributed by atoms with Crippen LogP contribution in [0.15, 0.2) is 71.6 Å². The molecule has 0 aliphatic carbocycles. The van der Waals surface area contributed by atoms with Crippen molar-refractivity contribution in [3.05, 3.63) is 94.5 Å². The van der Waals surface area contributed by atoms with Crippen LogP contribution in [0.4, 0.5) is 5.69 Å². The Balaban J connectivity index is 1.45. The largest absolute Gasteiger partial charge is 0.350 e. The summed E-state index contributed by atoms with van der Waals surface area (Å²) >= 11 is 0. The van der Waals surface area contributed by atoms with Gasteiger partial charge < -0.3 is 5.32 Å². The van der Waals surface area contributed by atoms with Gasteiger partial charge in [0.15, 0.2) is 0 Å². The fourth-order valence-corrected chi connectivity index (χ4v) is 6.18. The first-order valence-corrected chi connectivity index (χ1v) is 14.4. The molecule has 1 fully saturated rings. The molecule has 1 aliphatic heterocycles. The number of hydrogen-bond donors (Lipinski definition) is 1. The maximum absolute atomic E-state index is 13.6. The zero-order valence-corrected chi connectivity index (χ0v) is 22.9. The maximum atomic E-state index is 13.6. The fourth-order valence-electron chi connectivity index (χ4n) is 4.77. The molecule has 0 atom stereocenters. The Morgan fingerprint density at radius 2 is 1.41 bits per heavy atom. The molecule has 1 aliphatic rings. The molecule has 6 nitrogen and oxygen atoms in total. The molecule has 7 heteroatoms. The van der Waals surface area contributed by atoms with E-state index in [1.54, 1.807) is 36.4 Å². The van der Waals surface area contributed by atoms with Crippen molar-refractivity contribution in [2.24, 2.45) is 0 Å². The number of piperidine rings is 1.